The average molecular weight is 373 g/mol. The third-order valence-electron chi connectivity index (χ3n) is 4.87. The van der Waals surface area contributed by atoms with E-state index in [9.17, 15) is 9.18 Å². The molecule has 4 rings (SSSR count). The van der Waals surface area contributed by atoms with Gasteiger partial charge in [-0.3, -0.25) is 9.48 Å². The van der Waals surface area contributed by atoms with E-state index in [0.29, 0.717) is 5.69 Å². The fraction of sp³-hybridized carbons (Fsp3) is 0.389. The van der Waals surface area contributed by atoms with Crippen molar-refractivity contribution in [3.8, 4) is 0 Å². The summed E-state index contributed by atoms with van der Waals surface area (Å²) >= 11 is 1.52. The zero-order valence-electron chi connectivity index (χ0n) is 14.7. The van der Waals surface area contributed by atoms with E-state index in [4.69, 9.17) is 0 Å². The Morgan fingerprint density at radius 3 is 2.77 bits per heavy atom. The maximum absolute atomic E-state index is 13.4. The van der Waals surface area contributed by atoms with Gasteiger partial charge in [-0.15, -0.1) is 0 Å². The SMILES string of the molecule is CN(C(=O)c1ccn(C)n1)C1CCN(c2nc3ccc(F)cc3s2)CC1. The number of anilines is 1. The van der Waals surface area contributed by atoms with Crippen molar-refractivity contribution in [3.05, 3.63) is 42.0 Å². The summed E-state index contributed by atoms with van der Waals surface area (Å²) in [7, 11) is 3.65. The molecular weight excluding hydrogens is 353 g/mol. The van der Waals surface area contributed by atoms with Crippen molar-refractivity contribution in [1.29, 1.82) is 0 Å². The molecule has 3 heterocycles. The van der Waals surface area contributed by atoms with Gasteiger partial charge < -0.3 is 9.80 Å². The van der Waals surface area contributed by atoms with Crippen molar-refractivity contribution in [2.75, 3.05) is 25.0 Å². The number of hydrogen-bond acceptors (Lipinski definition) is 5. The van der Waals surface area contributed by atoms with Crippen LogP contribution in [0.1, 0.15) is 23.3 Å². The van der Waals surface area contributed by atoms with Crippen molar-refractivity contribution < 1.29 is 9.18 Å². The lowest BCUT2D eigenvalue weighted by molar-refractivity contribution is 0.0702. The van der Waals surface area contributed by atoms with Gasteiger partial charge in [-0.05, 0) is 37.1 Å². The Morgan fingerprint density at radius 2 is 2.08 bits per heavy atom. The maximum atomic E-state index is 13.4. The van der Waals surface area contributed by atoms with Gasteiger partial charge in [0.1, 0.15) is 11.5 Å². The van der Waals surface area contributed by atoms with Crippen molar-refractivity contribution in [1.82, 2.24) is 19.7 Å². The molecule has 1 aliphatic heterocycles. The second-order valence-corrected chi connectivity index (χ2v) is 7.63. The third kappa shape index (κ3) is 3.16. The second kappa shape index (κ2) is 6.68. The molecule has 0 bridgehead atoms. The normalized spacial score (nSPS) is 15.6. The van der Waals surface area contributed by atoms with E-state index in [1.54, 1.807) is 35.0 Å². The van der Waals surface area contributed by atoms with E-state index >= 15 is 0 Å². The lowest BCUT2D eigenvalue weighted by Gasteiger charge is -2.36. The molecule has 1 aliphatic rings. The van der Waals surface area contributed by atoms with Crippen molar-refractivity contribution in [2.24, 2.45) is 7.05 Å². The number of nitrogens with zero attached hydrogens (tertiary/aromatic N) is 5. The molecule has 1 aromatic carbocycles. The minimum atomic E-state index is -0.235. The van der Waals surface area contributed by atoms with Gasteiger partial charge in [-0.1, -0.05) is 11.3 Å². The second-order valence-electron chi connectivity index (χ2n) is 6.62. The summed E-state index contributed by atoms with van der Waals surface area (Å²) in [6, 6.07) is 6.62. The van der Waals surface area contributed by atoms with Crippen LogP contribution >= 0.6 is 11.3 Å². The monoisotopic (exact) mass is 373 g/mol. The Bertz CT molecular complexity index is 944. The molecule has 0 unspecified atom stereocenters. The van der Waals surface area contributed by atoms with Gasteiger partial charge in [0.15, 0.2) is 5.13 Å². The first-order valence-electron chi connectivity index (χ1n) is 8.59. The lowest BCUT2D eigenvalue weighted by Crippen LogP contribution is -2.45. The number of rotatable bonds is 3. The van der Waals surface area contributed by atoms with Crippen LogP contribution in [0.15, 0.2) is 30.5 Å². The molecule has 26 heavy (non-hydrogen) atoms. The van der Waals surface area contributed by atoms with Crippen LogP contribution in [0.2, 0.25) is 0 Å². The molecule has 1 amide bonds. The number of hydrogen-bond donors (Lipinski definition) is 0. The van der Waals surface area contributed by atoms with Crippen molar-refractivity contribution in [2.45, 2.75) is 18.9 Å². The molecule has 2 aromatic heterocycles. The number of piperidine rings is 1. The zero-order valence-corrected chi connectivity index (χ0v) is 15.5. The van der Waals surface area contributed by atoms with Gasteiger partial charge >= 0.3 is 0 Å². The molecule has 6 nitrogen and oxygen atoms in total. The molecule has 1 fully saturated rings. The van der Waals surface area contributed by atoms with Gasteiger partial charge in [0, 0.05) is 39.4 Å². The molecule has 0 atom stereocenters. The fourth-order valence-electron chi connectivity index (χ4n) is 3.34. The van der Waals surface area contributed by atoms with Crippen LogP contribution < -0.4 is 4.90 Å². The van der Waals surface area contributed by atoms with Crippen LogP contribution in [0.3, 0.4) is 0 Å². The standard InChI is InChI=1S/C18H20FN5OS/c1-22-8-7-15(21-22)17(25)23(2)13-5-9-24(10-6-13)18-20-14-4-3-12(19)11-16(14)26-18/h3-4,7-8,11,13H,5-6,9-10H2,1-2H3. The molecular formula is C18H20FN5OS. The average Bonchev–Trinajstić information content (AvgIpc) is 3.26. The van der Waals surface area contributed by atoms with E-state index in [-0.39, 0.29) is 17.8 Å². The van der Waals surface area contributed by atoms with E-state index in [2.05, 4.69) is 15.0 Å². The van der Waals surface area contributed by atoms with Crippen LogP contribution in [0, 0.1) is 5.82 Å². The zero-order chi connectivity index (χ0) is 18.3. The fourth-order valence-corrected chi connectivity index (χ4v) is 4.38. The smallest absolute Gasteiger partial charge is 0.274 e. The topological polar surface area (TPSA) is 54.3 Å². The number of benzene rings is 1. The van der Waals surface area contributed by atoms with Crippen LogP contribution in [-0.2, 0) is 7.05 Å². The predicted octanol–water partition coefficient (Wildman–Crippen LogP) is 2.91. The van der Waals surface area contributed by atoms with E-state index in [1.807, 2.05) is 7.05 Å². The number of aromatic nitrogens is 3. The number of thiazole rings is 1. The predicted molar refractivity (Wildman–Crippen MR) is 100 cm³/mol. The molecule has 136 valence electrons. The first-order valence-corrected chi connectivity index (χ1v) is 9.41. The van der Waals surface area contributed by atoms with Crippen LogP contribution in [0.5, 0.6) is 0 Å². The molecule has 0 radical (unpaired) electrons. The summed E-state index contributed by atoms with van der Waals surface area (Å²) in [5, 5.41) is 5.12. The number of carbonyl (C=O) groups is 1. The first-order chi connectivity index (χ1) is 12.5. The summed E-state index contributed by atoms with van der Waals surface area (Å²) in [6.07, 6.45) is 3.53. The quantitative estimate of drug-likeness (QED) is 0.708. The Labute approximate surface area is 154 Å². The van der Waals surface area contributed by atoms with E-state index in [0.717, 1.165) is 41.3 Å². The Hall–Kier alpha value is -2.48. The number of halogens is 1. The van der Waals surface area contributed by atoms with Crippen LogP contribution in [0.4, 0.5) is 9.52 Å². The summed E-state index contributed by atoms with van der Waals surface area (Å²) in [5.74, 6) is -0.277. The van der Waals surface area contributed by atoms with Gasteiger partial charge in [-0.25, -0.2) is 9.37 Å². The van der Waals surface area contributed by atoms with Gasteiger partial charge in [0.05, 0.1) is 10.2 Å². The third-order valence-corrected chi connectivity index (χ3v) is 5.95. The molecule has 0 saturated carbocycles. The first kappa shape index (κ1) is 17.0. The highest BCUT2D eigenvalue weighted by atomic mass is 32.1. The lowest BCUT2D eigenvalue weighted by atomic mass is 10.0. The highest BCUT2D eigenvalue weighted by Crippen LogP contribution is 2.31. The minimum absolute atomic E-state index is 0.0421. The molecule has 0 spiro atoms. The number of aryl methyl sites for hydroxylation is 1. The van der Waals surface area contributed by atoms with Crippen LogP contribution in [0.25, 0.3) is 10.2 Å². The van der Waals surface area contributed by atoms with Crippen molar-refractivity contribution in [3.63, 3.8) is 0 Å². The summed E-state index contributed by atoms with van der Waals surface area (Å²) in [4.78, 5) is 21.2. The summed E-state index contributed by atoms with van der Waals surface area (Å²) in [5.41, 5.74) is 1.31. The highest BCUT2D eigenvalue weighted by Gasteiger charge is 2.28. The number of fused-ring (bicyclic) bond motifs is 1. The Morgan fingerprint density at radius 1 is 1.31 bits per heavy atom. The number of amides is 1. The van der Waals surface area contributed by atoms with Gasteiger partial charge in [0.25, 0.3) is 5.91 Å². The van der Waals surface area contributed by atoms with Gasteiger partial charge in [-0.2, -0.15) is 5.10 Å². The summed E-state index contributed by atoms with van der Waals surface area (Å²) < 4.78 is 15.9. The van der Waals surface area contributed by atoms with E-state index < -0.39 is 0 Å². The minimum Gasteiger partial charge on any atom is -0.348 e. The largest absolute Gasteiger partial charge is 0.348 e. The Balaban J connectivity index is 1.42. The molecule has 1 saturated heterocycles. The van der Waals surface area contributed by atoms with Gasteiger partial charge in [0.2, 0.25) is 0 Å². The molecule has 3 aromatic rings. The van der Waals surface area contributed by atoms with E-state index in [1.165, 1.54) is 23.5 Å². The molecule has 0 N–H and O–H groups in total. The summed E-state index contributed by atoms with van der Waals surface area (Å²) in [6.45, 7) is 1.65. The number of carbonyl (C=O) groups excluding carboxylic acids is 1. The van der Waals surface area contributed by atoms with Crippen LogP contribution in [-0.4, -0.2) is 51.8 Å². The highest BCUT2D eigenvalue weighted by molar-refractivity contribution is 7.22. The Kier molecular flexibility index (Phi) is 4.36. The maximum Gasteiger partial charge on any atom is 0.274 e. The molecule has 8 heteroatoms. The molecule has 0 aliphatic carbocycles. The van der Waals surface area contributed by atoms with Crippen molar-refractivity contribution >= 4 is 32.6 Å².